The summed E-state index contributed by atoms with van der Waals surface area (Å²) in [5.41, 5.74) is 5.37. The molecule has 1 amide bonds. The second kappa shape index (κ2) is 3.24. The molecule has 76 valence electrons. The number of β-lactam (4-membered cyclic amide) rings is 1. The molecule has 1 aliphatic heterocycles. The van der Waals surface area contributed by atoms with Crippen LogP contribution in [0, 0.1) is 0 Å². The van der Waals surface area contributed by atoms with Gasteiger partial charge in [-0.1, -0.05) is 13.3 Å². The lowest BCUT2D eigenvalue weighted by Crippen LogP contribution is -2.69. The third-order valence-electron chi connectivity index (χ3n) is 2.05. The van der Waals surface area contributed by atoms with Crippen molar-refractivity contribution >= 4 is 16.2 Å². The van der Waals surface area contributed by atoms with Gasteiger partial charge in [0.15, 0.2) is 0 Å². The molecule has 1 heterocycles. The number of carbonyl (C=O) groups excluding carboxylic acids is 1. The zero-order valence-electron chi connectivity index (χ0n) is 7.17. The molecule has 0 aromatic heterocycles. The number of amides is 1. The first-order chi connectivity index (χ1) is 5.89. The number of carbonyl (C=O) groups is 1. The number of rotatable bonds is 3. The van der Waals surface area contributed by atoms with Crippen LogP contribution >= 0.6 is 0 Å². The van der Waals surface area contributed by atoms with E-state index in [0.29, 0.717) is 17.1 Å². The Hall–Kier alpha value is -0.660. The van der Waals surface area contributed by atoms with Crippen LogP contribution in [-0.4, -0.2) is 35.3 Å². The van der Waals surface area contributed by atoms with Gasteiger partial charge >= 0.3 is 10.3 Å². The Bertz CT molecular complexity index is 313. The van der Waals surface area contributed by atoms with E-state index in [1.165, 1.54) is 0 Å². The minimum Gasteiger partial charge on any atom is -0.318 e. The molecule has 13 heavy (non-hydrogen) atoms. The van der Waals surface area contributed by atoms with Crippen LogP contribution in [0.3, 0.4) is 0 Å². The monoisotopic (exact) mass is 208 g/mol. The average molecular weight is 208 g/mol. The SMILES string of the molecule is CCCC1C(N)C(=O)N1S(=O)(=O)O. The van der Waals surface area contributed by atoms with Crippen LogP contribution in [0.2, 0.25) is 0 Å². The molecule has 0 aromatic carbocycles. The Morgan fingerprint density at radius 2 is 2.15 bits per heavy atom. The lowest BCUT2D eigenvalue weighted by molar-refractivity contribution is -0.141. The van der Waals surface area contributed by atoms with E-state index in [9.17, 15) is 13.2 Å². The molecule has 0 bridgehead atoms. The first-order valence-electron chi connectivity index (χ1n) is 3.96. The van der Waals surface area contributed by atoms with E-state index in [0.717, 1.165) is 0 Å². The fourth-order valence-electron chi connectivity index (χ4n) is 1.42. The largest absolute Gasteiger partial charge is 0.362 e. The van der Waals surface area contributed by atoms with Crippen molar-refractivity contribution in [1.29, 1.82) is 0 Å². The minimum atomic E-state index is -4.42. The predicted octanol–water partition coefficient (Wildman–Crippen LogP) is -0.873. The predicted molar refractivity (Wildman–Crippen MR) is 45.1 cm³/mol. The molecule has 0 radical (unpaired) electrons. The van der Waals surface area contributed by atoms with E-state index in [4.69, 9.17) is 10.3 Å². The zero-order valence-corrected chi connectivity index (χ0v) is 7.99. The summed E-state index contributed by atoms with van der Waals surface area (Å²) < 4.78 is 30.4. The Morgan fingerprint density at radius 3 is 2.54 bits per heavy atom. The first kappa shape index (κ1) is 10.4. The number of hydrogen-bond acceptors (Lipinski definition) is 4. The van der Waals surface area contributed by atoms with Gasteiger partial charge in [-0.3, -0.25) is 9.35 Å². The van der Waals surface area contributed by atoms with E-state index >= 15 is 0 Å². The van der Waals surface area contributed by atoms with Gasteiger partial charge in [-0.05, 0) is 6.42 Å². The van der Waals surface area contributed by atoms with E-state index in [1.54, 1.807) is 0 Å². The van der Waals surface area contributed by atoms with Gasteiger partial charge in [0.1, 0.15) is 6.04 Å². The van der Waals surface area contributed by atoms with E-state index < -0.39 is 28.3 Å². The van der Waals surface area contributed by atoms with Crippen LogP contribution < -0.4 is 5.73 Å². The van der Waals surface area contributed by atoms with Gasteiger partial charge in [-0.2, -0.15) is 8.42 Å². The van der Waals surface area contributed by atoms with Gasteiger partial charge in [0, 0.05) is 0 Å². The number of nitrogens with two attached hydrogens (primary N) is 1. The molecular weight excluding hydrogens is 196 g/mol. The van der Waals surface area contributed by atoms with Gasteiger partial charge in [0.25, 0.3) is 5.91 Å². The Kier molecular flexibility index (Phi) is 2.60. The summed E-state index contributed by atoms with van der Waals surface area (Å²) in [5, 5.41) is 0. The normalized spacial score (nSPS) is 28.8. The summed E-state index contributed by atoms with van der Waals surface area (Å²) in [4.78, 5) is 11.0. The molecule has 0 aliphatic carbocycles. The second-order valence-electron chi connectivity index (χ2n) is 2.99. The maximum Gasteiger partial charge on any atom is 0.362 e. The molecule has 1 rings (SSSR count). The fraction of sp³-hybridized carbons (Fsp3) is 0.833. The average Bonchev–Trinajstić information content (AvgIpc) is 2.01. The lowest BCUT2D eigenvalue weighted by Gasteiger charge is -2.42. The molecule has 1 aliphatic rings. The molecule has 0 saturated carbocycles. The van der Waals surface area contributed by atoms with Gasteiger partial charge in [0.2, 0.25) is 0 Å². The number of hydrogen-bond donors (Lipinski definition) is 2. The first-order valence-corrected chi connectivity index (χ1v) is 5.35. The molecule has 2 atom stereocenters. The summed E-state index contributed by atoms with van der Waals surface area (Å²) >= 11 is 0. The quantitative estimate of drug-likeness (QED) is 0.463. The second-order valence-corrected chi connectivity index (χ2v) is 4.28. The van der Waals surface area contributed by atoms with Crippen molar-refractivity contribution in [3.8, 4) is 0 Å². The Morgan fingerprint density at radius 1 is 1.62 bits per heavy atom. The van der Waals surface area contributed by atoms with Crippen LogP contribution in [0.1, 0.15) is 19.8 Å². The summed E-state index contributed by atoms with van der Waals surface area (Å²) in [5.74, 6) is -0.735. The van der Waals surface area contributed by atoms with Gasteiger partial charge in [0.05, 0.1) is 6.04 Å². The topological polar surface area (TPSA) is 101 Å². The molecule has 3 N–H and O–H groups in total. The maximum absolute atomic E-state index is 11.0. The molecule has 7 heteroatoms. The molecular formula is C6H12N2O4S. The van der Waals surface area contributed by atoms with Crippen molar-refractivity contribution in [2.45, 2.75) is 31.8 Å². The molecule has 2 unspecified atom stereocenters. The van der Waals surface area contributed by atoms with E-state index in [1.807, 2.05) is 6.92 Å². The van der Waals surface area contributed by atoms with Crippen LogP contribution in [0.5, 0.6) is 0 Å². The Labute approximate surface area is 76.6 Å². The molecule has 6 nitrogen and oxygen atoms in total. The summed E-state index contributed by atoms with van der Waals surface area (Å²) in [6.45, 7) is 1.84. The zero-order chi connectivity index (χ0) is 10.2. The fourth-order valence-corrected chi connectivity index (χ4v) is 2.34. The van der Waals surface area contributed by atoms with Crippen LogP contribution in [0.4, 0.5) is 0 Å². The highest BCUT2D eigenvalue weighted by Gasteiger charge is 2.50. The highest BCUT2D eigenvalue weighted by Crippen LogP contribution is 2.25. The van der Waals surface area contributed by atoms with E-state index in [2.05, 4.69) is 0 Å². The standard InChI is InChI=1S/C6H12N2O4S/c1-2-3-4-5(7)6(9)8(4)13(10,11)12/h4-5H,2-3,7H2,1H3,(H,10,11,12). The third kappa shape index (κ3) is 1.67. The third-order valence-corrected chi connectivity index (χ3v) is 3.00. The summed E-state index contributed by atoms with van der Waals surface area (Å²) in [6, 6.07) is -1.37. The smallest absolute Gasteiger partial charge is 0.318 e. The van der Waals surface area contributed by atoms with E-state index in [-0.39, 0.29) is 0 Å². The van der Waals surface area contributed by atoms with Gasteiger partial charge < -0.3 is 5.73 Å². The minimum absolute atomic E-state index is 0.446. The highest BCUT2D eigenvalue weighted by atomic mass is 32.2. The molecule has 0 spiro atoms. The molecule has 1 saturated heterocycles. The van der Waals surface area contributed by atoms with Crippen molar-refractivity contribution in [3.63, 3.8) is 0 Å². The summed E-state index contributed by atoms with van der Waals surface area (Å²) in [7, 11) is -4.42. The van der Waals surface area contributed by atoms with Crippen molar-refractivity contribution in [2.75, 3.05) is 0 Å². The van der Waals surface area contributed by atoms with Crippen molar-refractivity contribution in [3.05, 3.63) is 0 Å². The van der Waals surface area contributed by atoms with Crippen LogP contribution in [-0.2, 0) is 15.1 Å². The van der Waals surface area contributed by atoms with Crippen molar-refractivity contribution in [1.82, 2.24) is 4.31 Å². The van der Waals surface area contributed by atoms with Gasteiger partial charge in [-0.15, -0.1) is 0 Å². The Balaban J connectivity index is 2.81. The van der Waals surface area contributed by atoms with Crippen molar-refractivity contribution in [2.24, 2.45) is 5.73 Å². The molecule has 1 fully saturated rings. The summed E-state index contributed by atoms with van der Waals surface area (Å²) in [6.07, 6.45) is 1.18. The lowest BCUT2D eigenvalue weighted by atomic mass is 9.96. The number of nitrogens with zero attached hydrogens (tertiary/aromatic N) is 1. The van der Waals surface area contributed by atoms with Crippen LogP contribution in [0.25, 0.3) is 0 Å². The maximum atomic E-state index is 11.0. The van der Waals surface area contributed by atoms with Crippen LogP contribution in [0.15, 0.2) is 0 Å². The van der Waals surface area contributed by atoms with Crippen molar-refractivity contribution < 1.29 is 17.8 Å². The van der Waals surface area contributed by atoms with Gasteiger partial charge in [-0.25, -0.2) is 4.31 Å². The molecule has 0 aromatic rings. The highest BCUT2D eigenvalue weighted by molar-refractivity contribution is 7.84.